The fourth-order valence-electron chi connectivity index (χ4n) is 2.48. The van der Waals surface area contributed by atoms with Gasteiger partial charge in [0.25, 0.3) is 0 Å². The fourth-order valence-corrected chi connectivity index (χ4v) is 2.75. The Kier molecular flexibility index (Phi) is 6.55. The van der Waals surface area contributed by atoms with E-state index in [0.717, 1.165) is 22.9 Å². The van der Waals surface area contributed by atoms with Gasteiger partial charge in [0.2, 0.25) is 0 Å². The Morgan fingerprint density at radius 2 is 1.70 bits per heavy atom. The second kappa shape index (κ2) is 8.42. The fraction of sp³-hybridized carbons (Fsp3) is 0.350. The van der Waals surface area contributed by atoms with Crippen LogP contribution in [0.1, 0.15) is 42.6 Å². The molecule has 0 radical (unpaired) electrons. The summed E-state index contributed by atoms with van der Waals surface area (Å²) < 4.78 is 0.995. The van der Waals surface area contributed by atoms with Crippen LogP contribution in [-0.2, 0) is 6.42 Å². The van der Waals surface area contributed by atoms with Crippen LogP contribution in [0.4, 0.5) is 0 Å². The molecule has 0 fully saturated rings. The molecular weight excluding hydrogens is 350 g/mol. The lowest BCUT2D eigenvalue weighted by Crippen LogP contribution is -2.40. The number of benzene rings is 2. The van der Waals surface area contributed by atoms with Crippen molar-refractivity contribution < 1.29 is 4.79 Å². The number of Topliss-reactive ketones (excluding diaryl/α,β-unsaturated/α-hetero) is 1. The van der Waals surface area contributed by atoms with E-state index < -0.39 is 0 Å². The van der Waals surface area contributed by atoms with Crippen LogP contribution in [0.5, 0.6) is 0 Å². The molecule has 1 N–H and O–H groups in total. The van der Waals surface area contributed by atoms with Crippen molar-refractivity contribution in [1.82, 2.24) is 5.32 Å². The normalized spacial score (nSPS) is 11.4. The summed E-state index contributed by atoms with van der Waals surface area (Å²) in [5.74, 6) is 0.184. The Hall–Kier alpha value is -1.45. The third-order valence-electron chi connectivity index (χ3n) is 4.00. The number of ketones is 1. The molecule has 0 spiro atoms. The molecule has 0 unspecified atom stereocenters. The number of hydrogen-bond acceptors (Lipinski definition) is 2. The molecule has 0 aromatic heterocycles. The molecule has 0 amide bonds. The van der Waals surface area contributed by atoms with E-state index >= 15 is 0 Å². The van der Waals surface area contributed by atoms with Gasteiger partial charge >= 0.3 is 0 Å². The van der Waals surface area contributed by atoms with Crippen LogP contribution in [0.25, 0.3) is 0 Å². The number of hydrogen-bond donors (Lipinski definition) is 1. The van der Waals surface area contributed by atoms with E-state index in [9.17, 15) is 4.79 Å². The minimum Gasteiger partial charge on any atom is -0.311 e. The second-order valence-corrected chi connectivity index (χ2v) is 7.39. The molecule has 122 valence electrons. The first-order valence-corrected chi connectivity index (χ1v) is 8.83. The molecule has 0 saturated carbocycles. The van der Waals surface area contributed by atoms with Crippen LogP contribution in [0.3, 0.4) is 0 Å². The van der Waals surface area contributed by atoms with Crippen molar-refractivity contribution in [3.05, 3.63) is 70.2 Å². The standard InChI is InChI=1S/C20H24BrNO/c1-20(2,14-12-16-6-4-3-5-7-16)22-15-13-19(23)17-8-10-18(21)11-9-17/h3-11,22H,12-15H2,1-2H3. The number of carbonyl (C=O) groups excluding carboxylic acids is 1. The van der Waals surface area contributed by atoms with Crippen molar-refractivity contribution in [2.75, 3.05) is 6.54 Å². The molecule has 2 aromatic carbocycles. The predicted octanol–water partition coefficient (Wildman–Crippen LogP) is 5.02. The van der Waals surface area contributed by atoms with Gasteiger partial charge in [-0.2, -0.15) is 0 Å². The van der Waals surface area contributed by atoms with Gasteiger partial charge in [-0.25, -0.2) is 0 Å². The summed E-state index contributed by atoms with van der Waals surface area (Å²) in [4.78, 5) is 12.2. The van der Waals surface area contributed by atoms with E-state index in [4.69, 9.17) is 0 Å². The Balaban J connectivity index is 1.75. The van der Waals surface area contributed by atoms with E-state index in [2.05, 4.69) is 59.4 Å². The largest absolute Gasteiger partial charge is 0.311 e. The molecule has 3 heteroatoms. The second-order valence-electron chi connectivity index (χ2n) is 6.48. The number of aryl methyl sites for hydroxylation is 1. The summed E-state index contributed by atoms with van der Waals surface area (Å²) >= 11 is 3.39. The van der Waals surface area contributed by atoms with Crippen LogP contribution in [0.2, 0.25) is 0 Å². The number of carbonyl (C=O) groups is 1. The van der Waals surface area contributed by atoms with E-state index in [1.54, 1.807) is 0 Å². The van der Waals surface area contributed by atoms with Crippen LogP contribution in [-0.4, -0.2) is 17.9 Å². The van der Waals surface area contributed by atoms with Crippen LogP contribution >= 0.6 is 15.9 Å². The average Bonchev–Trinajstić information content (AvgIpc) is 2.54. The molecule has 0 aliphatic heterocycles. The summed E-state index contributed by atoms with van der Waals surface area (Å²) in [6, 6.07) is 18.1. The highest BCUT2D eigenvalue weighted by atomic mass is 79.9. The van der Waals surface area contributed by atoms with Crippen molar-refractivity contribution >= 4 is 21.7 Å². The van der Waals surface area contributed by atoms with Crippen LogP contribution in [0.15, 0.2) is 59.1 Å². The molecule has 0 aliphatic carbocycles. The smallest absolute Gasteiger partial charge is 0.164 e. The van der Waals surface area contributed by atoms with E-state index in [1.165, 1.54) is 5.56 Å². The van der Waals surface area contributed by atoms with Crippen molar-refractivity contribution in [2.45, 2.75) is 38.6 Å². The molecule has 23 heavy (non-hydrogen) atoms. The van der Waals surface area contributed by atoms with Crippen molar-refractivity contribution in [3.8, 4) is 0 Å². The number of nitrogens with one attached hydrogen (secondary N) is 1. The summed E-state index contributed by atoms with van der Waals surface area (Å²) in [5, 5.41) is 3.51. The first-order valence-electron chi connectivity index (χ1n) is 8.04. The average molecular weight is 374 g/mol. The molecule has 2 aromatic rings. The maximum atomic E-state index is 12.2. The number of halogens is 1. The quantitative estimate of drug-likeness (QED) is 0.657. The summed E-state index contributed by atoms with van der Waals surface area (Å²) in [6.45, 7) is 5.09. The van der Waals surface area contributed by atoms with Gasteiger partial charge in [-0.3, -0.25) is 4.79 Å². The molecule has 2 nitrogen and oxygen atoms in total. The number of rotatable bonds is 8. The van der Waals surface area contributed by atoms with Gasteiger partial charge in [-0.15, -0.1) is 0 Å². The van der Waals surface area contributed by atoms with Crippen molar-refractivity contribution in [1.29, 1.82) is 0 Å². The van der Waals surface area contributed by atoms with Gasteiger partial charge in [0, 0.05) is 28.5 Å². The minimum atomic E-state index is 0.0236. The Morgan fingerprint density at radius 1 is 1.04 bits per heavy atom. The zero-order valence-corrected chi connectivity index (χ0v) is 15.4. The highest BCUT2D eigenvalue weighted by Crippen LogP contribution is 2.15. The Morgan fingerprint density at radius 3 is 2.35 bits per heavy atom. The van der Waals surface area contributed by atoms with Crippen molar-refractivity contribution in [2.24, 2.45) is 0 Å². The van der Waals surface area contributed by atoms with Gasteiger partial charge in [-0.05, 0) is 44.4 Å². The topological polar surface area (TPSA) is 29.1 Å². The predicted molar refractivity (Wildman–Crippen MR) is 99.9 cm³/mol. The highest BCUT2D eigenvalue weighted by molar-refractivity contribution is 9.10. The molecule has 0 saturated heterocycles. The monoisotopic (exact) mass is 373 g/mol. The van der Waals surface area contributed by atoms with Crippen molar-refractivity contribution in [3.63, 3.8) is 0 Å². The summed E-state index contributed by atoms with van der Waals surface area (Å²) in [6.07, 6.45) is 2.61. The Bertz CT molecular complexity index is 620. The SMILES string of the molecule is CC(C)(CCc1ccccc1)NCCC(=O)c1ccc(Br)cc1. The zero-order valence-electron chi connectivity index (χ0n) is 13.8. The lowest BCUT2D eigenvalue weighted by Gasteiger charge is -2.26. The van der Waals surface area contributed by atoms with Crippen LogP contribution in [0, 0.1) is 0 Å². The summed E-state index contributed by atoms with van der Waals surface area (Å²) in [7, 11) is 0. The minimum absolute atomic E-state index is 0.0236. The van der Waals surface area contributed by atoms with E-state index in [1.807, 2.05) is 30.3 Å². The van der Waals surface area contributed by atoms with Gasteiger partial charge in [-0.1, -0.05) is 58.4 Å². The van der Waals surface area contributed by atoms with Gasteiger partial charge in [0.05, 0.1) is 0 Å². The molecular formula is C20H24BrNO. The maximum absolute atomic E-state index is 12.2. The third-order valence-corrected chi connectivity index (χ3v) is 4.53. The Labute approximate surface area is 147 Å². The zero-order chi connectivity index (χ0) is 16.7. The van der Waals surface area contributed by atoms with E-state index in [-0.39, 0.29) is 11.3 Å². The highest BCUT2D eigenvalue weighted by Gasteiger charge is 2.17. The van der Waals surface area contributed by atoms with E-state index in [0.29, 0.717) is 13.0 Å². The van der Waals surface area contributed by atoms with Crippen LogP contribution < -0.4 is 5.32 Å². The first-order chi connectivity index (χ1) is 11.0. The third kappa shape index (κ3) is 6.28. The van der Waals surface area contributed by atoms with Gasteiger partial charge in [0.1, 0.15) is 0 Å². The van der Waals surface area contributed by atoms with Gasteiger partial charge < -0.3 is 5.32 Å². The lowest BCUT2D eigenvalue weighted by molar-refractivity contribution is 0.0980. The first kappa shape index (κ1) is 17.9. The molecule has 0 heterocycles. The molecule has 0 bridgehead atoms. The summed E-state index contributed by atoms with van der Waals surface area (Å²) in [5.41, 5.74) is 2.15. The molecule has 2 rings (SSSR count). The maximum Gasteiger partial charge on any atom is 0.164 e. The lowest BCUT2D eigenvalue weighted by atomic mass is 9.95. The molecule has 0 atom stereocenters. The molecule has 0 aliphatic rings. The van der Waals surface area contributed by atoms with Gasteiger partial charge in [0.15, 0.2) is 5.78 Å².